The smallest absolute Gasteiger partial charge is 0.270 e. The van der Waals surface area contributed by atoms with Crippen molar-refractivity contribution in [2.24, 2.45) is 0 Å². The minimum Gasteiger partial charge on any atom is -0.495 e. The van der Waals surface area contributed by atoms with Crippen molar-refractivity contribution >= 4 is 39.3 Å². The second-order valence-corrected chi connectivity index (χ2v) is 8.35. The van der Waals surface area contributed by atoms with E-state index in [4.69, 9.17) is 9.47 Å². The summed E-state index contributed by atoms with van der Waals surface area (Å²) in [6.07, 6.45) is 1.51. The van der Waals surface area contributed by atoms with Crippen LogP contribution in [0.4, 0.5) is 17.1 Å². The fourth-order valence-electron chi connectivity index (χ4n) is 3.70. The highest BCUT2D eigenvalue weighted by molar-refractivity contribution is 7.19. The second-order valence-electron chi connectivity index (χ2n) is 7.39. The van der Waals surface area contributed by atoms with E-state index in [9.17, 15) is 14.9 Å². The fourth-order valence-corrected chi connectivity index (χ4v) is 4.52. The Kier molecular flexibility index (Phi) is 5.77. The van der Waals surface area contributed by atoms with Gasteiger partial charge in [0.2, 0.25) is 4.96 Å². The summed E-state index contributed by atoms with van der Waals surface area (Å²) in [5.41, 5.74) is 1.80. The Hall–Kier alpha value is -4.10. The van der Waals surface area contributed by atoms with Crippen molar-refractivity contribution in [2.75, 3.05) is 43.6 Å². The van der Waals surface area contributed by atoms with Gasteiger partial charge in [0.1, 0.15) is 17.1 Å². The molecule has 1 amide bonds. The van der Waals surface area contributed by atoms with Crippen LogP contribution < -0.4 is 15.0 Å². The molecule has 1 saturated heterocycles. The van der Waals surface area contributed by atoms with Gasteiger partial charge in [-0.25, -0.2) is 0 Å². The number of methoxy groups -OCH3 is 1. The van der Waals surface area contributed by atoms with Crippen molar-refractivity contribution in [3.63, 3.8) is 0 Å². The maximum atomic E-state index is 13.4. The number of rotatable bonds is 6. The Labute approximate surface area is 196 Å². The molecule has 0 unspecified atom stereocenters. The molecule has 0 atom stereocenters. The first-order valence-electron chi connectivity index (χ1n) is 10.3. The number of hydrogen-bond donors (Lipinski definition) is 1. The molecule has 1 aliphatic rings. The SMILES string of the molecule is COc1ccc(-c2nn3cnnc3s2)cc1NC(=O)c1cc([N+](=O)[O-])ccc1N1CCOCC1. The van der Waals surface area contributed by atoms with Crippen LogP contribution in [0.3, 0.4) is 0 Å². The lowest BCUT2D eigenvalue weighted by Crippen LogP contribution is -2.37. The number of carbonyl (C=O) groups excluding carboxylic acids is 1. The summed E-state index contributed by atoms with van der Waals surface area (Å²) < 4.78 is 12.4. The van der Waals surface area contributed by atoms with Gasteiger partial charge >= 0.3 is 0 Å². The van der Waals surface area contributed by atoms with E-state index in [1.165, 1.54) is 36.9 Å². The van der Waals surface area contributed by atoms with Gasteiger partial charge in [-0.05, 0) is 24.3 Å². The number of fused-ring (bicyclic) bond motifs is 1. The number of nitro groups is 1. The van der Waals surface area contributed by atoms with Crippen LogP contribution in [0.25, 0.3) is 15.5 Å². The number of aromatic nitrogens is 4. The molecule has 1 fully saturated rings. The van der Waals surface area contributed by atoms with Crippen LogP contribution in [0.2, 0.25) is 0 Å². The number of hydrogen-bond acceptors (Lipinski definition) is 10. The van der Waals surface area contributed by atoms with Crippen LogP contribution in [-0.4, -0.2) is 64.1 Å². The lowest BCUT2D eigenvalue weighted by molar-refractivity contribution is -0.384. The van der Waals surface area contributed by atoms with Gasteiger partial charge in [0.05, 0.1) is 42.2 Å². The summed E-state index contributed by atoms with van der Waals surface area (Å²) in [6, 6.07) is 9.59. The van der Waals surface area contributed by atoms with Gasteiger partial charge in [0.15, 0.2) is 0 Å². The van der Waals surface area contributed by atoms with E-state index in [-0.39, 0.29) is 11.3 Å². The van der Waals surface area contributed by atoms with Gasteiger partial charge in [-0.2, -0.15) is 9.61 Å². The van der Waals surface area contributed by atoms with E-state index in [1.54, 1.807) is 22.7 Å². The van der Waals surface area contributed by atoms with Gasteiger partial charge < -0.3 is 19.7 Å². The third kappa shape index (κ3) is 4.13. The van der Waals surface area contributed by atoms with E-state index in [2.05, 4.69) is 20.6 Å². The molecule has 13 heteroatoms. The van der Waals surface area contributed by atoms with E-state index < -0.39 is 10.8 Å². The van der Waals surface area contributed by atoms with Gasteiger partial charge in [0.25, 0.3) is 11.6 Å². The molecule has 0 spiro atoms. The summed E-state index contributed by atoms with van der Waals surface area (Å²) in [5.74, 6) is -0.0442. The zero-order valence-corrected chi connectivity index (χ0v) is 18.8. The molecule has 0 saturated carbocycles. The van der Waals surface area contributed by atoms with Crippen molar-refractivity contribution in [3.8, 4) is 16.3 Å². The van der Waals surface area contributed by atoms with E-state index >= 15 is 0 Å². The Morgan fingerprint density at radius 2 is 2.06 bits per heavy atom. The zero-order valence-electron chi connectivity index (χ0n) is 18.0. The minimum atomic E-state index is -0.519. The van der Waals surface area contributed by atoms with Crippen molar-refractivity contribution < 1.29 is 19.2 Å². The van der Waals surface area contributed by atoms with Gasteiger partial charge in [-0.3, -0.25) is 14.9 Å². The number of nitrogens with one attached hydrogen (secondary N) is 1. The largest absolute Gasteiger partial charge is 0.495 e. The van der Waals surface area contributed by atoms with E-state index in [0.29, 0.717) is 53.4 Å². The summed E-state index contributed by atoms with van der Waals surface area (Å²) in [6.45, 7) is 2.19. The summed E-state index contributed by atoms with van der Waals surface area (Å²) in [4.78, 5) is 26.9. The van der Waals surface area contributed by atoms with Crippen LogP contribution in [0.1, 0.15) is 10.4 Å². The molecule has 1 N–H and O–H groups in total. The normalized spacial score (nSPS) is 13.7. The van der Waals surface area contributed by atoms with Gasteiger partial charge in [-0.1, -0.05) is 11.3 Å². The van der Waals surface area contributed by atoms with Gasteiger partial charge in [0, 0.05) is 30.8 Å². The van der Waals surface area contributed by atoms with E-state index in [1.807, 2.05) is 11.0 Å². The van der Waals surface area contributed by atoms with Crippen LogP contribution in [0.15, 0.2) is 42.7 Å². The first kappa shape index (κ1) is 21.7. The molecule has 174 valence electrons. The maximum Gasteiger partial charge on any atom is 0.270 e. The second kappa shape index (κ2) is 9.03. The van der Waals surface area contributed by atoms with Crippen LogP contribution in [0.5, 0.6) is 5.75 Å². The van der Waals surface area contributed by atoms with Crippen LogP contribution >= 0.6 is 11.3 Å². The van der Waals surface area contributed by atoms with Crippen LogP contribution in [-0.2, 0) is 4.74 Å². The predicted molar refractivity (Wildman–Crippen MR) is 125 cm³/mol. The Morgan fingerprint density at radius 1 is 1.24 bits per heavy atom. The number of ether oxygens (including phenoxy) is 2. The monoisotopic (exact) mass is 481 g/mol. The molecule has 5 rings (SSSR count). The molecule has 0 bridgehead atoms. The first-order valence-corrected chi connectivity index (χ1v) is 11.1. The number of nitrogens with zero attached hydrogens (tertiary/aromatic N) is 6. The zero-order chi connectivity index (χ0) is 23.7. The Balaban J connectivity index is 1.50. The number of benzene rings is 2. The highest BCUT2D eigenvalue weighted by Crippen LogP contribution is 2.34. The minimum absolute atomic E-state index is 0.164. The number of morpholine rings is 1. The number of nitro benzene ring substituents is 1. The lowest BCUT2D eigenvalue weighted by Gasteiger charge is -2.30. The molecule has 0 radical (unpaired) electrons. The molecular formula is C21H19N7O5S. The molecule has 34 heavy (non-hydrogen) atoms. The summed E-state index contributed by atoms with van der Waals surface area (Å²) in [7, 11) is 1.50. The highest BCUT2D eigenvalue weighted by Gasteiger charge is 2.23. The molecule has 2 aromatic carbocycles. The average molecular weight is 481 g/mol. The van der Waals surface area contributed by atoms with Crippen molar-refractivity contribution in [3.05, 3.63) is 58.4 Å². The number of amides is 1. The fraction of sp³-hybridized carbons (Fsp3) is 0.238. The standard InChI is InChI=1S/C21H19N7O5S/c1-32-18-5-2-13(20-25-27-12-22-24-21(27)34-20)10-16(18)23-19(29)15-11-14(28(30)31)3-4-17(15)26-6-8-33-9-7-26/h2-5,10-12H,6-9H2,1H3,(H,23,29). The van der Waals surface area contributed by atoms with Crippen molar-refractivity contribution in [2.45, 2.75) is 0 Å². The molecule has 4 aromatic rings. The molecule has 1 aliphatic heterocycles. The Morgan fingerprint density at radius 3 is 2.79 bits per heavy atom. The highest BCUT2D eigenvalue weighted by atomic mass is 32.1. The molecule has 0 aliphatic carbocycles. The third-order valence-corrected chi connectivity index (χ3v) is 6.33. The Bertz CT molecular complexity index is 1350. The average Bonchev–Trinajstić information content (AvgIpc) is 3.47. The maximum absolute atomic E-state index is 13.4. The van der Waals surface area contributed by atoms with Crippen molar-refractivity contribution in [1.29, 1.82) is 0 Å². The lowest BCUT2D eigenvalue weighted by atomic mass is 10.1. The summed E-state index contributed by atoms with van der Waals surface area (Å²) >= 11 is 1.35. The number of non-ortho nitro benzene ring substituents is 1. The quantitative estimate of drug-likeness (QED) is 0.325. The van der Waals surface area contributed by atoms with Gasteiger partial charge in [-0.15, -0.1) is 10.2 Å². The molecular weight excluding hydrogens is 462 g/mol. The predicted octanol–water partition coefficient (Wildman–Crippen LogP) is 2.86. The van der Waals surface area contributed by atoms with Crippen molar-refractivity contribution in [1.82, 2.24) is 19.8 Å². The third-order valence-electron chi connectivity index (χ3n) is 5.37. The molecule has 3 heterocycles. The van der Waals surface area contributed by atoms with E-state index in [0.717, 1.165) is 5.56 Å². The summed E-state index contributed by atoms with van der Waals surface area (Å²) in [5, 5.41) is 27.2. The van der Waals surface area contributed by atoms with Crippen LogP contribution in [0, 0.1) is 10.1 Å². The number of anilines is 2. The molecule has 2 aromatic heterocycles. The topological polar surface area (TPSA) is 137 Å². The molecule has 12 nitrogen and oxygen atoms in total. The first-order chi connectivity index (χ1) is 16.5. The number of carbonyl (C=O) groups is 1.